The van der Waals surface area contributed by atoms with Gasteiger partial charge in [-0.05, 0) is 17.5 Å². The Kier molecular flexibility index (Phi) is 3.37. The normalized spacial score (nSPS) is 9.33. The highest BCUT2D eigenvalue weighted by Crippen LogP contribution is 2.10. The third kappa shape index (κ3) is 2.11. The third-order valence-corrected chi connectivity index (χ3v) is 1.83. The van der Waals surface area contributed by atoms with Crippen LogP contribution in [0.25, 0.3) is 0 Å². The van der Waals surface area contributed by atoms with Gasteiger partial charge in [0.2, 0.25) is 0 Å². The van der Waals surface area contributed by atoms with E-state index >= 15 is 0 Å². The second kappa shape index (κ2) is 4.58. The summed E-state index contributed by atoms with van der Waals surface area (Å²) < 4.78 is 0. The van der Waals surface area contributed by atoms with Gasteiger partial charge in [0.15, 0.2) is 0 Å². The summed E-state index contributed by atoms with van der Waals surface area (Å²) in [4.78, 5) is 0. The average molecular weight is 160 g/mol. The number of aryl methyl sites for hydroxylation is 1. The van der Waals surface area contributed by atoms with Crippen molar-refractivity contribution in [2.75, 3.05) is 0 Å². The minimum atomic E-state index is 0.0980. The Labute approximate surface area is 73.0 Å². The summed E-state index contributed by atoms with van der Waals surface area (Å²) in [6, 6.07) is 7.81. The Morgan fingerprint density at radius 1 is 1.25 bits per heavy atom. The van der Waals surface area contributed by atoms with Gasteiger partial charge >= 0.3 is 0 Å². The zero-order valence-electron chi connectivity index (χ0n) is 6.96. The Hall–Kier alpha value is -1.26. The number of benzene rings is 1. The van der Waals surface area contributed by atoms with E-state index in [0.717, 1.165) is 24.0 Å². The Balaban J connectivity index is 2.76. The molecule has 62 valence electrons. The van der Waals surface area contributed by atoms with Gasteiger partial charge in [0.05, 0.1) is 6.61 Å². The van der Waals surface area contributed by atoms with Crippen LogP contribution in [-0.2, 0) is 13.0 Å². The zero-order chi connectivity index (χ0) is 8.81. The molecule has 0 spiro atoms. The first-order valence-corrected chi connectivity index (χ1v) is 3.99. The molecule has 0 saturated carbocycles. The molecule has 0 aliphatic rings. The molecule has 1 rings (SSSR count). The van der Waals surface area contributed by atoms with E-state index in [9.17, 15) is 0 Å². The van der Waals surface area contributed by atoms with E-state index in [1.807, 2.05) is 24.3 Å². The van der Waals surface area contributed by atoms with E-state index in [4.69, 9.17) is 11.5 Å². The summed E-state index contributed by atoms with van der Waals surface area (Å²) in [5.41, 5.74) is 2.13. The standard InChI is InChI=1S/C11H12O/c1-2-3-6-10-7-4-5-8-11(10)9-12/h1,4-5,7-8,12H,3,6,9H2. The average Bonchev–Trinajstić information content (AvgIpc) is 2.15. The Morgan fingerprint density at radius 2 is 1.92 bits per heavy atom. The lowest BCUT2D eigenvalue weighted by molar-refractivity contribution is 0.280. The highest BCUT2D eigenvalue weighted by atomic mass is 16.3. The summed E-state index contributed by atoms with van der Waals surface area (Å²) in [6.07, 6.45) is 6.74. The molecule has 0 heterocycles. The van der Waals surface area contributed by atoms with E-state index in [0.29, 0.717) is 0 Å². The van der Waals surface area contributed by atoms with Crippen molar-refractivity contribution in [2.45, 2.75) is 19.4 Å². The van der Waals surface area contributed by atoms with Crippen molar-refractivity contribution in [3.63, 3.8) is 0 Å². The number of aliphatic hydroxyl groups excluding tert-OH is 1. The number of aliphatic hydroxyl groups is 1. The Morgan fingerprint density at radius 3 is 2.50 bits per heavy atom. The first-order valence-electron chi connectivity index (χ1n) is 3.99. The summed E-state index contributed by atoms with van der Waals surface area (Å²) in [5, 5.41) is 8.97. The van der Waals surface area contributed by atoms with Gasteiger partial charge in [-0.2, -0.15) is 0 Å². The SMILES string of the molecule is C#CCCc1ccccc1CO. The van der Waals surface area contributed by atoms with Crippen LogP contribution in [0.1, 0.15) is 17.5 Å². The first kappa shape index (κ1) is 8.83. The van der Waals surface area contributed by atoms with Crippen molar-refractivity contribution in [3.8, 4) is 12.3 Å². The van der Waals surface area contributed by atoms with Crippen LogP contribution in [0, 0.1) is 12.3 Å². The first-order chi connectivity index (χ1) is 5.88. The van der Waals surface area contributed by atoms with Gasteiger partial charge in [0.25, 0.3) is 0 Å². The maximum Gasteiger partial charge on any atom is 0.0684 e. The van der Waals surface area contributed by atoms with Crippen molar-refractivity contribution in [1.29, 1.82) is 0 Å². The Bertz CT molecular complexity index is 283. The quantitative estimate of drug-likeness (QED) is 0.668. The van der Waals surface area contributed by atoms with Gasteiger partial charge in [-0.25, -0.2) is 0 Å². The van der Waals surface area contributed by atoms with Crippen molar-refractivity contribution in [2.24, 2.45) is 0 Å². The fraction of sp³-hybridized carbons (Fsp3) is 0.273. The van der Waals surface area contributed by atoms with Crippen molar-refractivity contribution in [3.05, 3.63) is 35.4 Å². The zero-order valence-corrected chi connectivity index (χ0v) is 6.96. The molecular formula is C11H12O. The predicted octanol–water partition coefficient (Wildman–Crippen LogP) is 1.74. The molecule has 1 aromatic carbocycles. The van der Waals surface area contributed by atoms with Crippen LogP contribution < -0.4 is 0 Å². The molecule has 1 aromatic rings. The fourth-order valence-corrected chi connectivity index (χ4v) is 1.16. The summed E-state index contributed by atoms with van der Waals surface area (Å²) in [7, 11) is 0. The van der Waals surface area contributed by atoms with Crippen LogP contribution in [0.15, 0.2) is 24.3 Å². The van der Waals surface area contributed by atoms with E-state index in [-0.39, 0.29) is 6.61 Å². The van der Waals surface area contributed by atoms with Gasteiger partial charge in [-0.1, -0.05) is 24.3 Å². The highest BCUT2D eigenvalue weighted by molar-refractivity contribution is 5.26. The van der Waals surface area contributed by atoms with Crippen molar-refractivity contribution >= 4 is 0 Å². The van der Waals surface area contributed by atoms with E-state index < -0.39 is 0 Å². The number of hydrogen-bond acceptors (Lipinski definition) is 1. The maximum atomic E-state index is 8.97. The van der Waals surface area contributed by atoms with Gasteiger partial charge in [0, 0.05) is 6.42 Å². The lowest BCUT2D eigenvalue weighted by atomic mass is 10.0. The number of terminal acetylenes is 1. The summed E-state index contributed by atoms with van der Waals surface area (Å²) >= 11 is 0. The minimum Gasteiger partial charge on any atom is -0.392 e. The second-order valence-corrected chi connectivity index (χ2v) is 2.63. The lowest BCUT2D eigenvalue weighted by Gasteiger charge is -2.03. The molecule has 0 aromatic heterocycles. The molecule has 0 amide bonds. The summed E-state index contributed by atoms with van der Waals surface area (Å²) in [6.45, 7) is 0.0980. The minimum absolute atomic E-state index is 0.0980. The van der Waals surface area contributed by atoms with Gasteiger partial charge in [0.1, 0.15) is 0 Å². The monoisotopic (exact) mass is 160 g/mol. The molecule has 1 N–H and O–H groups in total. The van der Waals surface area contributed by atoms with Gasteiger partial charge in [-0.3, -0.25) is 0 Å². The predicted molar refractivity (Wildman–Crippen MR) is 49.5 cm³/mol. The molecular weight excluding hydrogens is 148 g/mol. The lowest BCUT2D eigenvalue weighted by Crippen LogP contribution is -1.92. The largest absolute Gasteiger partial charge is 0.392 e. The van der Waals surface area contributed by atoms with Gasteiger partial charge in [-0.15, -0.1) is 12.3 Å². The molecule has 0 atom stereocenters. The van der Waals surface area contributed by atoms with E-state index in [2.05, 4.69) is 5.92 Å². The van der Waals surface area contributed by atoms with Crippen LogP contribution in [0.5, 0.6) is 0 Å². The molecule has 0 bridgehead atoms. The van der Waals surface area contributed by atoms with Crippen LogP contribution in [0.3, 0.4) is 0 Å². The summed E-state index contributed by atoms with van der Waals surface area (Å²) in [5.74, 6) is 2.59. The van der Waals surface area contributed by atoms with Crippen LogP contribution >= 0.6 is 0 Å². The smallest absolute Gasteiger partial charge is 0.0684 e. The number of rotatable bonds is 3. The molecule has 0 aliphatic carbocycles. The number of hydrogen-bond donors (Lipinski definition) is 1. The van der Waals surface area contributed by atoms with Crippen LogP contribution in [0.4, 0.5) is 0 Å². The van der Waals surface area contributed by atoms with Crippen LogP contribution in [0.2, 0.25) is 0 Å². The fourth-order valence-electron chi connectivity index (χ4n) is 1.16. The topological polar surface area (TPSA) is 20.2 Å². The molecule has 12 heavy (non-hydrogen) atoms. The third-order valence-electron chi connectivity index (χ3n) is 1.83. The van der Waals surface area contributed by atoms with Crippen molar-refractivity contribution in [1.82, 2.24) is 0 Å². The van der Waals surface area contributed by atoms with Gasteiger partial charge < -0.3 is 5.11 Å². The molecule has 0 fully saturated rings. The highest BCUT2D eigenvalue weighted by Gasteiger charge is 1.97. The molecule has 0 saturated heterocycles. The maximum absolute atomic E-state index is 8.97. The van der Waals surface area contributed by atoms with E-state index in [1.165, 1.54) is 0 Å². The molecule has 1 nitrogen and oxygen atoms in total. The molecule has 0 unspecified atom stereocenters. The van der Waals surface area contributed by atoms with Crippen LogP contribution in [-0.4, -0.2) is 5.11 Å². The molecule has 1 heteroatoms. The van der Waals surface area contributed by atoms with Crippen molar-refractivity contribution < 1.29 is 5.11 Å². The van der Waals surface area contributed by atoms with E-state index in [1.54, 1.807) is 0 Å². The second-order valence-electron chi connectivity index (χ2n) is 2.63. The molecule has 0 aliphatic heterocycles. The molecule has 0 radical (unpaired) electrons.